The van der Waals surface area contributed by atoms with Gasteiger partial charge in [0.15, 0.2) is 5.78 Å². The Morgan fingerprint density at radius 2 is 1.43 bits per heavy atom. The van der Waals surface area contributed by atoms with Crippen LogP contribution in [0, 0.1) is 20.2 Å². The molecule has 0 unspecified atom stereocenters. The zero-order valence-corrected chi connectivity index (χ0v) is 15.6. The van der Waals surface area contributed by atoms with Gasteiger partial charge < -0.3 is 0 Å². The summed E-state index contributed by atoms with van der Waals surface area (Å²) >= 11 is 0. The predicted molar refractivity (Wildman–Crippen MR) is 112 cm³/mol. The van der Waals surface area contributed by atoms with Crippen LogP contribution in [0.15, 0.2) is 84.0 Å². The van der Waals surface area contributed by atoms with Gasteiger partial charge in [-0.15, -0.1) is 0 Å². The zero-order valence-electron chi connectivity index (χ0n) is 15.6. The fourth-order valence-corrected chi connectivity index (χ4v) is 2.72. The summed E-state index contributed by atoms with van der Waals surface area (Å²) < 4.78 is 0. The Morgan fingerprint density at radius 3 is 2.00 bits per heavy atom. The van der Waals surface area contributed by atoms with E-state index in [1.54, 1.807) is 54.6 Å². The second-order valence-electron chi connectivity index (χ2n) is 6.22. The summed E-state index contributed by atoms with van der Waals surface area (Å²) in [5.74, 6) is -0.168. The van der Waals surface area contributed by atoms with E-state index < -0.39 is 21.2 Å². The summed E-state index contributed by atoms with van der Waals surface area (Å²) in [6, 6.07) is 20.8. The second-order valence-corrected chi connectivity index (χ2v) is 6.22. The Kier molecular flexibility index (Phi) is 6.23. The van der Waals surface area contributed by atoms with Crippen molar-refractivity contribution in [3.8, 4) is 0 Å². The molecule has 0 radical (unpaired) electrons. The first kappa shape index (κ1) is 20.3. The number of anilines is 1. The molecule has 3 rings (SSSR count). The molecule has 0 atom stereocenters. The number of ketones is 1. The van der Waals surface area contributed by atoms with Gasteiger partial charge in [-0.2, -0.15) is 5.10 Å². The molecule has 0 aliphatic rings. The first-order chi connectivity index (χ1) is 14.5. The van der Waals surface area contributed by atoms with E-state index in [0.29, 0.717) is 16.8 Å². The monoisotopic (exact) mass is 404 g/mol. The highest BCUT2D eigenvalue weighted by atomic mass is 16.6. The molecule has 3 aromatic rings. The molecule has 0 bridgehead atoms. The van der Waals surface area contributed by atoms with Gasteiger partial charge in [0.05, 0.1) is 28.0 Å². The van der Waals surface area contributed by atoms with Crippen molar-refractivity contribution in [2.45, 2.75) is 6.42 Å². The first-order valence-electron chi connectivity index (χ1n) is 8.85. The highest BCUT2D eigenvalue weighted by Crippen LogP contribution is 2.29. The molecule has 0 aliphatic heterocycles. The molecule has 30 heavy (non-hydrogen) atoms. The maximum absolute atomic E-state index is 12.6. The molecule has 0 aliphatic carbocycles. The van der Waals surface area contributed by atoms with Gasteiger partial charge >= 0.3 is 5.69 Å². The highest BCUT2D eigenvalue weighted by molar-refractivity contribution is 6.16. The Balaban J connectivity index is 1.94. The van der Waals surface area contributed by atoms with Crippen LogP contribution in [0.1, 0.15) is 22.3 Å². The SMILES string of the molecule is O=C(C/C(=N/Nc1ccc([N+](=O)[O-])cc1[N+](=O)[O-])c1ccccc1)c1ccccc1. The molecule has 150 valence electrons. The number of nitro benzene ring substituents is 2. The van der Waals surface area contributed by atoms with Crippen molar-refractivity contribution >= 4 is 28.6 Å². The van der Waals surface area contributed by atoms with Gasteiger partial charge in [0.25, 0.3) is 5.69 Å². The minimum Gasteiger partial charge on any atom is -0.294 e. The number of nitrogens with zero attached hydrogens (tertiary/aromatic N) is 3. The molecule has 0 saturated carbocycles. The number of nitrogens with one attached hydrogen (secondary N) is 1. The van der Waals surface area contributed by atoms with E-state index in [2.05, 4.69) is 10.5 Å². The molecule has 9 heteroatoms. The third kappa shape index (κ3) is 4.90. The van der Waals surface area contributed by atoms with Gasteiger partial charge in [-0.25, -0.2) is 0 Å². The number of hydrogen-bond acceptors (Lipinski definition) is 7. The minimum absolute atomic E-state index is 0.0220. The fraction of sp³-hybridized carbons (Fsp3) is 0.0476. The summed E-state index contributed by atoms with van der Waals surface area (Å²) in [4.78, 5) is 33.4. The van der Waals surface area contributed by atoms with Crippen LogP contribution in [0.4, 0.5) is 17.1 Å². The van der Waals surface area contributed by atoms with Crippen LogP contribution in [-0.2, 0) is 0 Å². The molecule has 0 spiro atoms. The Bertz CT molecular complexity index is 1110. The van der Waals surface area contributed by atoms with Crippen molar-refractivity contribution in [3.63, 3.8) is 0 Å². The fourth-order valence-electron chi connectivity index (χ4n) is 2.72. The van der Waals surface area contributed by atoms with Crippen LogP contribution in [-0.4, -0.2) is 21.3 Å². The number of carbonyl (C=O) groups excluding carboxylic acids is 1. The molecule has 0 heterocycles. The number of benzene rings is 3. The predicted octanol–water partition coefficient (Wildman–Crippen LogP) is 4.59. The van der Waals surface area contributed by atoms with Gasteiger partial charge in [-0.3, -0.25) is 30.4 Å². The third-order valence-corrected chi connectivity index (χ3v) is 4.23. The molecular weight excluding hydrogens is 388 g/mol. The molecular formula is C21H16N4O5. The lowest BCUT2D eigenvalue weighted by Crippen LogP contribution is -2.12. The van der Waals surface area contributed by atoms with Crippen molar-refractivity contribution in [2.24, 2.45) is 5.10 Å². The van der Waals surface area contributed by atoms with Crippen molar-refractivity contribution in [2.75, 3.05) is 5.43 Å². The summed E-state index contributed by atoms with van der Waals surface area (Å²) in [5, 5.41) is 26.4. The molecule has 1 N–H and O–H groups in total. The Morgan fingerprint density at radius 1 is 0.833 bits per heavy atom. The summed E-state index contributed by atoms with van der Waals surface area (Å²) in [5.41, 5.74) is 3.22. The van der Waals surface area contributed by atoms with E-state index in [0.717, 1.165) is 12.1 Å². The molecule has 9 nitrogen and oxygen atoms in total. The quantitative estimate of drug-likeness (QED) is 0.253. The smallest absolute Gasteiger partial charge is 0.294 e. The van der Waals surface area contributed by atoms with Gasteiger partial charge in [0, 0.05) is 11.6 Å². The average Bonchev–Trinajstić information content (AvgIpc) is 2.77. The van der Waals surface area contributed by atoms with Crippen LogP contribution >= 0.6 is 0 Å². The lowest BCUT2D eigenvalue weighted by molar-refractivity contribution is -0.393. The van der Waals surface area contributed by atoms with Crippen LogP contribution in [0.3, 0.4) is 0 Å². The summed E-state index contributed by atoms with van der Waals surface area (Å²) in [6.07, 6.45) is -0.0399. The van der Waals surface area contributed by atoms with E-state index in [1.165, 1.54) is 6.07 Å². The first-order valence-corrected chi connectivity index (χ1v) is 8.85. The lowest BCUT2D eigenvalue weighted by atomic mass is 10.0. The summed E-state index contributed by atoms with van der Waals surface area (Å²) in [7, 11) is 0. The van der Waals surface area contributed by atoms with E-state index in [9.17, 15) is 25.0 Å². The lowest BCUT2D eigenvalue weighted by Gasteiger charge is -2.08. The topological polar surface area (TPSA) is 128 Å². The number of non-ortho nitro benzene ring substituents is 1. The number of hydrazone groups is 1. The van der Waals surface area contributed by atoms with E-state index in [4.69, 9.17) is 0 Å². The highest BCUT2D eigenvalue weighted by Gasteiger charge is 2.20. The van der Waals surface area contributed by atoms with E-state index in [1.807, 2.05) is 6.07 Å². The van der Waals surface area contributed by atoms with Crippen LogP contribution in [0.25, 0.3) is 0 Å². The van der Waals surface area contributed by atoms with E-state index >= 15 is 0 Å². The molecule has 0 aromatic heterocycles. The van der Waals surface area contributed by atoms with Crippen LogP contribution < -0.4 is 5.43 Å². The number of rotatable bonds is 8. The van der Waals surface area contributed by atoms with Gasteiger partial charge in [-0.05, 0) is 11.6 Å². The van der Waals surface area contributed by atoms with Gasteiger partial charge in [0.1, 0.15) is 5.69 Å². The molecule has 0 saturated heterocycles. The molecule has 0 fully saturated rings. The van der Waals surface area contributed by atoms with Crippen molar-refractivity contribution in [1.82, 2.24) is 0 Å². The number of hydrogen-bond donors (Lipinski definition) is 1. The van der Waals surface area contributed by atoms with Crippen molar-refractivity contribution in [3.05, 3.63) is 110 Å². The largest absolute Gasteiger partial charge is 0.301 e. The minimum atomic E-state index is -0.734. The normalized spacial score (nSPS) is 11.0. The maximum Gasteiger partial charge on any atom is 0.301 e. The molecule has 3 aromatic carbocycles. The van der Waals surface area contributed by atoms with E-state index in [-0.39, 0.29) is 17.9 Å². The summed E-state index contributed by atoms with van der Waals surface area (Å²) in [6.45, 7) is 0. The number of nitro groups is 2. The number of Topliss-reactive ketones (excluding diaryl/α,β-unsaturated/α-hetero) is 1. The number of carbonyl (C=O) groups is 1. The standard InChI is InChI=1S/C21H16N4O5/c26-21(16-9-5-2-6-10-16)14-19(15-7-3-1-4-8-15)23-22-18-12-11-17(24(27)28)13-20(18)25(29)30/h1-13,22H,14H2/b23-19-. The van der Waals surface area contributed by atoms with Gasteiger partial charge in [0.2, 0.25) is 0 Å². The third-order valence-electron chi connectivity index (χ3n) is 4.23. The zero-order chi connectivity index (χ0) is 21.5. The second kappa shape index (κ2) is 9.20. The Labute approximate surface area is 171 Å². The maximum atomic E-state index is 12.6. The Hall–Kier alpha value is -4.40. The van der Waals surface area contributed by atoms with Crippen molar-refractivity contribution < 1.29 is 14.6 Å². The average molecular weight is 404 g/mol. The van der Waals surface area contributed by atoms with Crippen LogP contribution in [0.2, 0.25) is 0 Å². The molecule has 0 amide bonds. The van der Waals surface area contributed by atoms with Crippen molar-refractivity contribution in [1.29, 1.82) is 0 Å². The van der Waals surface area contributed by atoms with Gasteiger partial charge in [-0.1, -0.05) is 60.7 Å². The van der Waals surface area contributed by atoms with Crippen LogP contribution in [0.5, 0.6) is 0 Å².